The van der Waals surface area contributed by atoms with Crippen molar-refractivity contribution >= 4 is 11.6 Å². The van der Waals surface area contributed by atoms with Crippen molar-refractivity contribution in [2.45, 2.75) is 6.61 Å². The lowest BCUT2D eigenvalue weighted by Gasteiger charge is -2.11. The highest BCUT2D eigenvalue weighted by Gasteiger charge is 2.12. The van der Waals surface area contributed by atoms with Crippen molar-refractivity contribution < 1.29 is 9.53 Å². The first-order chi connectivity index (χ1) is 14.7. The Bertz CT molecular complexity index is 1210. The summed E-state index contributed by atoms with van der Waals surface area (Å²) in [6.07, 6.45) is 5.04. The number of pyridine rings is 1. The predicted molar refractivity (Wildman–Crippen MR) is 111 cm³/mol. The van der Waals surface area contributed by atoms with E-state index in [1.807, 2.05) is 18.2 Å². The number of nitrogens with zero attached hydrogens (tertiary/aromatic N) is 4. The summed E-state index contributed by atoms with van der Waals surface area (Å²) in [7, 11) is 0. The van der Waals surface area contributed by atoms with Crippen LogP contribution in [0.25, 0.3) is 5.82 Å². The molecule has 0 saturated heterocycles. The van der Waals surface area contributed by atoms with Gasteiger partial charge in [-0.2, -0.15) is 10.4 Å². The normalized spacial score (nSPS) is 10.2. The molecule has 1 N–H and O–H groups in total. The second-order valence-electron chi connectivity index (χ2n) is 6.36. The van der Waals surface area contributed by atoms with Gasteiger partial charge in [0.1, 0.15) is 12.4 Å². The molecule has 0 unspecified atom stereocenters. The Morgan fingerprint density at radius 2 is 1.97 bits per heavy atom. The van der Waals surface area contributed by atoms with Gasteiger partial charge < -0.3 is 10.1 Å². The molecule has 4 rings (SSSR count). The van der Waals surface area contributed by atoms with Gasteiger partial charge in [-0.1, -0.05) is 24.3 Å². The zero-order chi connectivity index (χ0) is 20.8. The van der Waals surface area contributed by atoms with Crippen molar-refractivity contribution in [1.82, 2.24) is 14.8 Å². The minimum atomic E-state index is -0.292. The summed E-state index contributed by atoms with van der Waals surface area (Å²) < 4.78 is 7.39. The van der Waals surface area contributed by atoms with Crippen molar-refractivity contribution in [2.24, 2.45) is 0 Å². The van der Waals surface area contributed by atoms with Crippen LogP contribution in [-0.2, 0) is 6.61 Å². The first-order valence-corrected chi connectivity index (χ1v) is 9.22. The first-order valence-electron chi connectivity index (χ1n) is 9.22. The third-order valence-electron chi connectivity index (χ3n) is 4.38. The molecule has 2 aromatic heterocycles. The van der Waals surface area contributed by atoms with E-state index >= 15 is 0 Å². The zero-order valence-corrected chi connectivity index (χ0v) is 15.9. The number of amides is 1. The maximum atomic E-state index is 12.8. The zero-order valence-electron chi connectivity index (χ0n) is 15.9. The molecule has 7 heteroatoms. The van der Waals surface area contributed by atoms with Crippen LogP contribution in [0.15, 0.2) is 85.3 Å². The van der Waals surface area contributed by atoms with Crippen LogP contribution in [0.3, 0.4) is 0 Å². The van der Waals surface area contributed by atoms with Gasteiger partial charge in [0.05, 0.1) is 17.3 Å². The monoisotopic (exact) mass is 395 g/mol. The van der Waals surface area contributed by atoms with Gasteiger partial charge in [-0.05, 0) is 42.5 Å². The number of benzene rings is 2. The van der Waals surface area contributed by atoms with Crippen LogP contribution in [0.4, 0.5) is 5.69 Å². The van der Waals surface area contributed by atoms with Crippen LogP contribution in [0.1, 0.15) is 21.5 Å². The molecule has 0 saturated carbocycles. The number of carbonyl (C=O) groups is 1. The highest BCUT2D eigenvalue weighted by atomic mass is 16.5. The van der Waals surface area contributed by atoms with Crippen molar-refractivity contribution in [1.29, 1.82) is 5.26 Å². The highest BCUT2D eigenvalue weighted by molar-refractivity contribution is 6.05. The van der Waals surface area contributed by atoms with Gasteiger partial charge in [-0.25, -0.2) is 9.67 Å². The van der Waals surface area contributed by atoms with Crippen LogP contribution < -0.4 is 10.1 Å². The fourth-order valence-corrected chi connectivity index (χ4v) is 2.91. The van der Waals surface area contributed by atoms with E-state index in [0.717, 1.165) is 5.56 Å². The second kappa shape index (κ2) is 8.71. The van der Waals surface area contributed by atoms with E-state index in [0.29, 0.717) is 28.4 Å². The van der Waals surface area contributed by atoms with Gasteiger partial charge in [0.15, 0.2) is 5.82 Å². The number of nitriles is 1. The van der Waals surface area contributed by atoms with E-state index in [9.17, 15) is 10.1 Å². The largest absolute Gasteiger partial charge is 0.489 e. The molecule has 0 spiro atoms. The molecule has 0 atom stereocenters. The molecule has 146 valence electrons. The molecule has 30 heavy (non-hydrogen) atoms. The molecule has 0 aliphatic rings. The van der Waals surface area contributed by atoms with E-state index in [1.54, 1.807) is 71.8 Å². The summed E-state index contributed by atoms with van der Waals surface area (Å²) in [6.45, 7) is 0.237. The van der Waals surface area contributed by atoms with Crippen molar-refractivity contribution in [3.8, 4) is 17.6 Å². The first kappa shape index (κ1) is 18.9. The van der Waals surface area contributed by atoms with Gasteiger partial charge in [-0.3, -0.25) is 4.79 Å². The Morgan fingerprint density at radius 3 is 2.80 bits per heavy atom. The van der Waals surface area contributed by atoms with Gasteiger partial charge >= 0.3 is 0 Å². The molecule has 0 bridgehead atoms. The predicted octanol–water partition coefficient (Wildman–Crippen LogP) is 3.97. The van der Waals surface area contributed by atoms with Crippen LogP contribution in [0.2, 0.25) is 0 Å². The van der Waals surface area contributed by atoms with Crippen LogP contribution in [-0.4, -0.2) is 20.7 Å². The average Bonchev–Trinajstić information content (AvgIpc) is 3.33. The molecule has 0 aliphatic carbocycles. The van der Waals surface area contributed by atoms with E-state index in [2.05, 4.69) is 21.5 Å². The molecule has 0 radical (unpaired) electrons. The Morgan fingerprint density at radius 1 is 1.07 bits per heavy atom. The van der Waals surface area contributed by atoms with Crippen molar-refractivity contribution in [3.05, 3.63) is 102 Å². The van der Waals surface area contributed by atoms with E-state index in [-0.39, 0.29) is 12.5 Å². The quantitative estimate of drug-likeness (QED) is 0.533. The number of anilines is 1. The van der Waals surface area contributed by atoms with Gasteiger partial charge in [0.25, 0.3) is 5.91 Å². The fourth-order valence-electron chi connectivity index (χ4n) is 2.91. The third kappa shape index (κ3) is 4.18. The fraction of sp³-hybridized carbons (Fsp3) is 0.0435. The van der Waals surface area contributed by atoms with E-state index in [1.165, 1.54) is 0 Å². The second-order valence-corrected chi connectivity index (χ2v) is 6.36. The lowest BCUT2D eigenvalue weighted by molar-refractivity contribution is 0.102. The molecule has 2 aromatic carbocycles. The minimum Gasteiger partial charge on any atom is -0.489 e. The number of ether oxygens (including phenoxy) is 1. The Kier molecular flexibility index (Phi) is 5.49. The van der Waals surface area contributed by atoms with Gasteiger partial charge in [-0.15, -0.1) is 0 Å². The van der Waals surface area contributed by atoms with Crippen molar-refractivity contribution in [3.63, 3.8) is 0 Å². The topological polar surface area (TPSA) is 92.8 Å². The summed E-state index contributed by atoms with van der Waals surface area (Å²) in [5, 5.41) is 16.2. The molecule has 1 amide bonds. The van der Waals surface area contributed by atoms with Gasteiger partial charge in [0.2, 0.25) is 0 Å². The Hall–Kier alpha value is -4.44. The standard InChI is InChI=1S/C23H17N5O2/c24-15-18-6-1-2-7-19(18)16-30-20-9-3-8-17(14-20)23(29)27-21-10-4-11-25-22(21)28-13-5-12-26-28/h1-14H,16H2,(H,27,29). The summed E-state index contributed by atoms with van der Waals surface area (Å²) >= 11 is 0. The number of aromatic nitrogens is 3. The van der Waals surface area contributed by atoms with Gasteiger partial charge in [0, 0.05) is 29.7 Å². The Balaban J connectivity index is 1.49. The summed E-state index contributed by atoms with van der Waals surface area (Å²) in [4.78, 5) is 17.1. The average molecular weight is 395 g/mol. The number of nitrogens with one attached hydrogen (secondary N) is 1. The molecule has 7 nitrogen and oxygen atoms in total. The summed E-state index contributed by atoms with van der Waals surface area (Å²) in [5.74, 6) is 0.768. The molecular weight excluding hydrogens is 378 g/mol. The number of rotatable bonds is 6. The number of hydrogen-bond acceptors (Lipinski definition) is 5. The van der Waals surface area contributed by atoms with Crippen LogP contribution in [0.5, 0.6) is 5.75 Å². The molecule has 0 aliphatic heterocycles. The smallest absolute Gasteiger partial charge is 0.255 e. The molecule has 2 heterocycles. The molecular formula is C23H17N5O2. The van der Waals surface area contributed by atoms with Crippen molar-refractivity contribution in [2.75, 3.05) is 5.32 Å². The third-order valence-corrected chi connectivity index (χ3v) is 4.38. The van der Waals surface area contributed by atoms with Crippen LogP contribution in [0, 0.1) is 11.3 Å². The molecule has 0 fully saturated rings. The summed E-state index contributed by atoms with van der Waals surface area (Å²) in [6, 6.07) is 21.6. The van der Waals surface area contributed by atoms with E-state index < -0.39 is 0 Å². The lowest BCUT2D eigenvalue weighted by atomic mass is 10.1. The lowest BCUT2D eigenvalue weighted by Crippen LogP contribution is -2.15. The number of carbonyl (C=O) groups excluding carboxylic acids is 1. The van der Waals surface area contributed by atoms with E-state index in [4.69, 9.17) is 4.74 Å². The minimum absolute atomic E-state index is 0.237. The Labute approximate surface area is 173 Å². The molecule has 4 aromatic rings. The summed E-state index contributed by atoms with van der Waals surface area (Å²) in [5.41, 5.74) is 2.33. The SMILES string of the molecule is N#Cc1ccccc1COc1cccc(C(=O)Nc2cccnc2-n2cccn2)c1. The van der Waals surface area contributed by atoms with Crippen LogP contribution >= 0.6 is 0 Å². The maximum Gasteiger partial charge on any atom is 0.255 e. The number of hydrogen-bond donors (Lipinski definition) is 1. The highest BCUT2D eigenvalue weighted by Crippen LogP contribution is 2.20. The maximum absolute atomic E-state index is 12.8.